The third-order valence-corrected chi connectivity index (χ3v) is 5.41. The van der Waals surface area contributed by atoms with Crippen molar-refractivity contribution in [3.63, 3.8) is 0 Å². The molecular weight excluding hydrogens is 338 g/mol. The van der Waals surface area contributed by atoms with Crippen LogP contribution in [0.15, 0.2) is 41.5 Å². The van der Waals surface area contributed by atoms with E-state index in [-0.39, 0.29) is 18.0 Å². The Morgan fingerprint density at radius 1 is 1.38 bits per heavy atom. The third kappa shape index (κ3) is 3.54. The van der Waals surface area contributed by atoms with Crippen LogP contribution >= 0.6 is 0 Å². The molecule has 0 saturated heterocycles. The summed E-state index contributed by atoms with van der Waals surface area (Å²) >= 11 is 0. The lowest BCUT2D eigenvalue weighted by Crippen LogP contribution is -2.35. The summed E-state index contributed by atoms with van der Waals surface area (Å²) in [6.45, 7) is 5.94. The molecule has 1 aliphatic heterocycles. The number of aliphatic hydroxyl groups is 1. The maximum Gasteiger partial charge on any atom is 0.272 e. The second-order valence-corrected chi connectivity index (χ2v) is 7.17. The Hall–Kier alpha value is -1.76. The fraction of sp³-hybridized carbons (Fsp3) is 0.500. The van der Waals surface area contributed by atoms with Crippen molar-refractivity contribution in [2.75, 3.05) is 13.2 Å². The number of benzene rings is 1. The average Bonchev–Trinajstić information content (AvgIpc) is 2.93. The van der Waals surface area contributed by atoms with E-state index in [4.69, 9.17) is 10.5 Å². The zero-order chi connectivity index (χ0) is 19.0. The molecule has 4 nitrogen and oxygen atoms in total. The van der Waals surface area contributed by atoms with Gasteiger partial charge < -0.3 is 15.6 Å². The molecule has 0 saturated carbocycles. The Morgan fingerprint density at radius 3 is 2.77 bits per heavy atom. The molecule has 0 amide bonds. The quantitative estimate of drug-likeness (QED) is 0.843. The number of nitrogens with zero attached hydrogens (tertiary/aromatic N) is 1. The molecule has 0 fully saturated rings. The molecule has 0 radical (unpaired) electrons. The van der Waals surface area contributed by atoms with Crippen molar-refractivity contribution in [3.05, 3.63) is 52.6 Å². The summed E-state index contributed by atoms with van der Waals surface area (Å²) in [4.78, 5) is 2.00. The number of nitrogens with two attached hydrogens (primary N) is 1. The van der Waals surface area contributed by atoms with Crippen LogP contribution in [-0.2, 0) is 0 Å². The average molecular weight is 364 g/mol. The minimum Gasteiger partial charge on any atom is -0.487 e. The molecule has 1 aliphatic carbocycles. The van der Waals surface area contributed by atoms with Gasteiger partial charge in [-0.05, 0) is 48.1 Å². The number of aliphatic hydroxyl groups excluding tert-OH is 1. The van der Waals surface area contributed by atoms with Crippen molar-refractivity contribution in [1.82, 2.24) is 4.90 Å². The normalized spacial score (nSPS) is 27.2. The molecule has 4 unspecified atom stereocenters. The molecule has 142 valence electrons. The fourth-order valence-corrected chi connectivity index (χ4v) is 3.69. The van der Waals surface area contributed by atoms with Crippen LogP contribution in [0.4, 0.5) is 8.78 Å². The molecule has 0 aromatic heterocycles. The first-order chi connectivity index (χ1) is 12.3. The van der Waals surface area contributed by atoms with Crippen LogP contribution in [-0.4, -0.2) is 41.9 Å². The Labute approximate surface area is 152 Å². The van der Waals surface area contributed by atoms with Gasteiger partial charge in [0.05, 0.1) is 0 Å². The molecule has 1 aromatic carbocycles. The lowest BCUT2D eigenvalue weighted by atomic mass is 9.87. The summed E-state index contributed by atoms with van der Waals surface area (Å²) in [5, 5.41) is 10.7. The van der Waals surface area contributed by atoms with Crippen molar-refractivity contribution in [3.8, 4) is 5.75 Å². The first-order valence-electron chi connectivity index (χ1n) is 8.91. The van der Waals surface area contributed by atoms with E-state index in [0.29, 0.717) is 12.3 Å². The summed E-state index contributed by atoms with van der Waals surface area (Å²) in [5.41, 5.74) is 10.1. The molecule has 26 heavy (non-hydrogen) atoms. The topological polar surface area (TPSA) is 58.7 Å². The van der Waals surface area contributed by atoms with Gasteiger partial charge in [0.2, 0.25) is 0 Å². The van der Waals surface area contributed by atoms with Crippen LogP contribution in [0.25, 0.3) is 0 Å². The highest BCUT2D eigenvalue weighted by atomic mass is 19.3. The maximum atomic E-state index is 12.3. The van der Waals surface area contributed by atoms with Crippen LogP contribution in [0.5, 0.6) is 5.75 Å². The van der Waals surface area contributed by atoms with Gasteiger partial charge in [-0.25, -0.2) is 8.78 Å². The van der Waals surface area contributed by atoms with Crippen molar-refractivity contribution in [1.29, 1.82) is 0 Å². The second kappa shape index (κ2) is 7.47. The predicted octanol–water partition coefficient (Wildman–Crippen LogP) is 3.16. The molecule has 1 aromatic rings. The summed E-state index contributed by atoms with van der Waals surface area (Å²) in [6.07, 6.45) is 0.836. The summed E-state index contributed by atoms with van der Waals surface area (Å²) in [5.74, 6) is 0.712. The lowest BCUT2D eigenvalue weighted by molar-refractivity contribution is 0.0290. The smallest absolute Gasteiger partial charge is 0.272 e. The number of ether oxygens (including phenoxy) is 1. The number of rotatable bonds is 5. The monoisotopic (exact) mass is 364 g/mol. The molecule has 3 N–H and O–H groups in total. The first kappa shape index (κ1) is 19.0. The van der Waals surface area contributed by atoms with Gasteiger partial charge in [0.1, 0.15) is 18.6 Å². The zero-order valence-corrected chi connectivity index (χ0v) is 15.3. The Morgan fingerprint density at radius 2 is 2.12 bits per heavy atom. The van der Waals surface area contributed by atoms with Crippen LogP contribution in [0, 0.1) is 12.8 Å². The fourth-order valence-electron chi connectivity index (χ4n) is 3.69. The van der Waals surface area contributed by atoms with Gasteiger partial charge in [0.25, 0.3) is 6.43 Å². The van der Waals surface area contributed by atoms with Gasteiger partial charge in [0.15, 0.2) is 0 Å². The number of hydrogen-bond acceptors (Lipinski definition) is 4. The molecule has 0 spiro atoms. The van der Waals surface area contributed by atoms with Crippen molar-refractivity contribution >= 4 is 0 Å². The Balaban J connectivity index is 1.75. The minimum atomic E-state index is -2.50. The second-order valence-electron chi connectivity index (χ2n) is 7.17. The van der Waals surface area contributed by atoms with Gasteiger partial charge >= 0.3 is 0 Å². The summed E-state index contributed by atoms with van der Waals surface area (Å²) in [7, 11) is 0. The van der Waals surface area contributed by atoms with E-state index in [0.717, 1.165) is 22.3 Å². The largest absolute Gasteiger partial charge is 0.487 e. The van der Waals surface area contributed by atoms with Gasteiger partial charge in [-0.2, -0.15) is 0 Å². The highest BCUT2D eigenvalue weighted by Crippen LogP contribution is 2.37. The minimum absolute atomic E-state index is 0.0469. The van der Waals surface area contributed by atoms with E-state index in [1.807, 2.05) is 43.0 Å². The third-order valence-electron chi connectivity index (χ3n) is 5.41. The maximum absolute atomic E-state index is 12.3. The highest BCUT2D eigenvalue weighted by molar-refractivity contribution is 5.43. The molecule has 6 heteroatoms. The van der Waals surface area contributed by atoms with Crippen LogP contribution < -0.4 is 10.5 Å². The Kier molecular flexibility index (Phi) is 5.46. The standard InChI is InChI=1S/C20H26F2N2O2/c1-11-4-6-15-16(19(11)23)9-24(20(15)25)13(3)14-5-7-17(12(2)8-14)26-10-18(21)22/h4-8,11,13,18-20,25H,9-10,23H2,1-3H3. The van der Waals surface area contributed by atoms with Crippen LogP contribution in [0.2, 0.25) is 0 Å². The number of aryl methyl sites for hydroxylation is 1. The van der Waals surface area contributed by atoms with Gasteiger partial charge in [-0.15, -0.1) is 0 Å². The Bertz CT molecular complexity index is 733. The lowest BCUT2D eigenvalue weighted by Gasteiger charge is -2.29. The first-order valence-corrected chi connectivity index (χ1v) is 8.91. The van der Waals surface area contributed by atoms with Crippen LogP contribution in [0.1, 0.15) is 31.0 Å². The molecule has 1 heterocycles. The molecular formula is C20H26F2N2O2. The van der Waals surface area contributed by atoms with Gasteiger partial charge in [-0.3, -0.25) is 4.90 Å². The summed E-state index contributed by atoms with van der Waals surface area (Å²) < 4.78 is 29.8. The number of alkyl halides is 2. The van der Waals surface area contributed by atoms with E-state index in [9.17, 15) is 13.9 Å². The van der Waals surface area contributed by atoms with Crippen molar-refractivity contribution in [2.24, 2.45) is 11.7 Å². The molecule has 0 bridgehead atoms. The van der Waals surface area contributed by atoms with E-state index in [2.05, 4.69) is 6.92 Å². The number of halogens is 2. The zero-order valence-electron chi connectivity index (χ0n) is 15.3. The van der Waals surface area contributed by atoms with E-state index >= 15 is 0 Å². The molecule has 4 atom stereocenters. The number of hydrogen-bond donors (Lipinski definition) is 2. The predicted molar refractivity (Wildman–Crippen MR) is 97.1 cm³/mol. The van der Waals surface area contributed by atoms with E-state index < -0.39 is 19.3 Å². The van der Waals surface area contributed by atoms with Crippen molar-refractivity contribution in [2.45, 2.75) is 45.5 Å². The van der Waals surface area contributed by atoms with Gasteiger partial charge in [0, 0.05) is 18.6 Å². The molecule has 2 aliphatic rings. The highest BCUT2D eigenvalue weighted by Gasteiger charge is 2.38. The summed E-state index contributed by atoms with van der Waals surface area (Å²) in [6, 6.07) is 5.38. The molecule has 3 rings (SSSR count). The van der Waals surface area contributed by atoms with E-state index in [1.54, 1.807) is 6.07 Å². The van der Waals surface area contributed by atoms with Crippen molar-refractivity contribution < 1.29 is 18.6 Å². The SMILES string of the molecule is Cc1cc(C(C)N2CC3=C(C=CC(C)C3N)C2O)ccc1OCC(F)F. The van der Waals surface area contributed by atoms with E-state index in [1.165, 1.54) is 0 Å². The van der Waals surface area contributed by atoms with Gasteiger partial charge in [-0.1, -0.05) is 31.2 Å². The van der Waals surface area contributed by atoms with Crippen LogP contribution in [0.3, 0.4) is 0 Å².